The first kappa shape index (κ1) is 20.9. The highest BCUT2D eigenvalue weighted by Crippen LogP contribution is 2.16. The van der Waals surface area contributed by atoms with Crippen LogP contribution in [0.3, 0.4) is 0 Å². The van der Waals surface area contributed by atoms with Gasteiger partial charge < -0.3 is 0 Å². The number of hydrogen-bond donors (Lipinski definition) is 1. The second-order valence-electron chi connectivity index (χ2n) is 7.19. The second-order valence-corrected chi connectivity index (χ2v) is 7.19. The molecule has 1 aromatic heterocycles. The van der Waals surface area contributed by atoms with Crippen LogP contribution in [0.15, 0.2) is 88.8 Å². The molecule has 0 saturated carbocycles. The quantitative estimate of drug-likeness (QED) is 0.292. The summed E-state index contributed by atoms with van der Waals surface area (Å²) in [4.78, 5) is 42.2. The van der Waals surface area contributed by atoms with E-state index < -0.39 is 5.91 Å². The van der Waals surface area contributed by atoms with Crippen molar-refractivity contribution in [3.63, 3.8) is 0 Å². The predicted molar refractivity (Wildman–Crippen MR) is 123 cm³/mol. The lowest BCUT2D eigenvalue weighted by atomic mass is 10.0. The molecule has 0 aliphatic heterocycles. The Hall–Kier alpha value is -4.39. The molecule has 0 aliphatic carbocycles. The smallest absolute Gasteiger partial charge is 0.272 e. The summed E-state index contributed by atoms with van der Waals surface area (Å²) in [6, 6.07) is 23.2. The topological polar surface area (TPSA) is 93.4 Å². The number of aryl methyl sites for hydroxylation is 1. The Labute approximate surface area is 184 Å². The molecule has 1 amide bonds. The highest BCUT2D eigenvalue weighted by atomic mass is 16.2. The van der Waals surface area contributed by atoms with E-state index in [1.54, 1.807) is 49.4 Å². The van der Waals surface area contributed by atoms with E-state index in [0.29, 0.717) is 22.2 Å². The van der Waals surface area contributed by atoms with Crippen LogP contribution < -0.4 is 11.0 Å². The largest absolute Gasteiger partial charge is 0.296 e. The lowest BCUT2D eigenvalue weighted by Gasteiger charge is -2.11. The van der Waals surface area contributed by atoms with Gasteiger partial charge in [0.2, 0.25) is 0 Å². The molecule has 32 heavy (non-hydrogen) atoms. The summed E-state index contributed by atoms with van der Waals surface area (Å²) in [7, 11) is 0. The van der Waals surface area contributed by atoms with Gasteiger partial charge in [-0.1, -0.05) is 60.7 Å². The molecular formula is C25H20N4O3. The third-order valence-electron chi connectivity index (χ3n) is 4.91. The number of amides is 1. The molecule has 0 radical (unpaired) electrons. The zero-order valence-corrected chi connectivity index (χ0v) is 17.4. The lowest BCUT2D eigenvalue weighted by Crippen LogP contribution is -2.31. The Bertz CT molecular complexity index is 1380. The number of carbonyl (C=O) groups excluding carboxylic acids is 2. The van der Waals surface area contributed by atoms with Crippen molar-refractivity contribution < 1.29 is 9.59 Å². The first-order chi connectivity index (χ1) is 15.5. The van der Waals surface area contributed by atoms with E-state index >= 15 is 0 Å². The third-order valence-corrected chi connectivity index (χ3v) is 4.91. The van der Waals surface area contributed by atoms with E-state index in [1.165, 1.54) is 10.8 Å². The van der Waals surface area contributed by atoms with Crippen molar-refractivity contribution in [2.45, 2.75) is 13.5 Å². The summed E-state index contributed by atoms with van der Waals surface area (Å²) in [6.45, 7) is 1.35. The summed E-state index contributed by atoms with van der Waals surface area (Å²) in [6.07, 6.45) is 1.53. The monoisotopic (exact) mass is 424 g/mol. The van der Waals surface area contributed by atoms with E-state index in [9.17, 15) is 14.4 Å². The maximum Gasteiger partial charge on any atom is 0.272 e. The molecule has 158 valence electrons. The van der Waals surface area contributed by atoms with Crippen LogP contribution in [-0.2, 0) is 11.3 Å². The van der Waals surface area contributed by atoms with Crippen molar-refractivity contribution in [3.05, 3.63) is 112 Å². The minimum atomic E-state index is -0.449. The van der Waals surface area contributed by atoms with Crippen LogP contribution in [0.1, 0.15) is 27.2 Å². The number of rotatable bonds is 6. The van der Waals surface area contributed by atoms with Crippen molar-refractivity contribution in [3.8, 4) is 0 Å². The van der Waals surface area contributed by atoms with Gasteiger partial charge in [0.15, 0.2) is 5.78 Å². The van der Waals surface area contributed by atoms with Crippen LogP contribution in [-0.4, -0.2) is 27.5 Å². The fourth-order valence-corrected chi connectivity index (χ4v) is 3.33. The number of aromatic nitrogens is 2. The van der Waals surface area contributed by atoms with Gasteiger partial charge in [-0.05, 0) is 30.7 Å². The molecule has 7 nitrogen and oxygen atoms in total. The molecule has 0 atom stereocenters. The van der Waals surface area contributed by atoms with Gasteiger partial charge in [0.25, 0.3) is 11.5 Å². The summed E-state index contributed by atoms with van der Waals surface area (Å²) in [5, 5.41) is 3.94. The zero-order valence-electron chi connectivity index (χ0n) is 17.4. The molecule has 4 aromatic rings. The van der Waals surface area contributed by atoms with E-state index in [-0.39, 0.29) is 23.6 Å². The van der Waals surface area contributed by atoms with Gasteiger partial charge in [0, 0.05) is 11.1 Å². The molecule has 1 N–H and O–H groups in total. The Kier molecular flexibility index (Phi) is 5.98. The minimum Gasteiger partial charge on any atom is -0.296 e. The second kappa shape index (κ2) is 9.18. The van der Waals surface area contributed by atoms with Gasteiger partial charge >= 0.3 is 0 Å². The molecule has 7 heteroatoms. The number of carbonyl (C=O) groups is 2. The van der Waals surface area contributed by atoms with Crippen LogP contribution in [0.2, 0.25) is 0 Å². The number of ketones is 1. The van der Waals surface area contributed by atoms with Gasteiger partial charge in [0.05, 0.1) is 17.2 Å². The van der Waals surface area contributed by atoms with Gasteiger partial charge in [-0.25, -0.2) is 10.4 Å². The molecule has 3 aromatic carbocycles. The van der Waals surface area contributed by atoms with Crippen LogP contribution in [0.4, 0.5) is 0 Å². The summed E-state index contributed by atoms with van der Waals surface area (Å²) in [5.74, 6) is -0.590. The molecule has 0 spiro atoms. The van der Waals surface area contributed by atoms with Crippen LogP contribution >= 0.6 is 0 Å². The standard InChI is InChI=1S/C25H20N4O3/c1-17-25(32)29(16-23(30)28-26-15-18-8-4-2-5-9-18)22-13-12-20(14-21(22)27-17)24(31)19-10-6-3-7-11-19/h2-15H,16H2,1H3,(H,28,30). The number of benzene rings is 3. The van der Waals surface area contributed by atoms with E-state index in [1.807, 2.05) is 36.4 Å². The maximum atomic E-state index is 12.8. The molecular weight excluding hydrogens is 404 g/mol. The van der Waals surface area contributed by atoms with Crippen molar-refractivity contribution in [2.75, 3.05) is 0 Å². The molecule has 0 bridgehead atoms. The lowest BCUT2D eigenvalue weighted by molar-refractivity contribution is -0.121. The van der Waals surface area contributed by atoms with Crippen molar-refractivity contribution >= 4 is 28.9 Å². The Morgan fingerprint density at radius 2 is 1.66 bits per heavy atom. The number of hydrogen-bond acceptors (Lipinski definition) is 5. The average Bonchev–Trinajstić information content (AvgIpc) is 2.82. The molecule has 1 heterocycles. The predicted octanol–water partition coefficient (Wildman–Crippen LogP) is 3.09. The van der Waals surface area contributed by atoms with E-state index in [4.69, 9.17) is 0 Å². The minimum absolute atomic E-state index is 0.141. The Morgan fingerprint density at radius 1 is 0.969 bits per heavy atom. The number of hydrazone groups is 1. The van der Waals surface area contributed by atoms with E-state index in [0.717, 1.165) is 5.56 Å². The molecule has 0 fully saturated rings. The summed E-state index contributed by atoms with van der Waals surface area (Å²) < 4.78 is 1.34. The first-order valence-electron chi connectivity index (χ1n) is 10.0. The molecule has 4 rings (SSSR count). The van der Waals surface area contributed by atoms with Gasteiger partial charge in [0.1, 0.15) is 12.2 Å². The van der Waals surface area contributed by atoms with Crippen molar-refractivity contribution in [1.82, 2.24) is 15.0 Å². The van der Waals surface area contributed by atoms with Crippen LogP contribution in [0.5, 0.6) is 0 Å². The molecule has 0 saturated heterocycles. The SMILES string of the molecule is Cc1nc2cc(C(=O)c3ccccc3)ccc2n(CC(=O)NN=Cc2ccccc2)c1=O. The number of nitrogens with zero attached hydrogens (tertiary/aromatic N) is 3. The maximum absolute atomic E-state index is 12.8. The Balaban J connectivity index is 1.60. The summed E-state index contributed by atoms with van der Waals surface area (Å²) >= 11 is 0. The molecule has 0 unspecified atom stereocenters. The van der Waals surface area contributed by atoms with Crippen molar-refractivity contribution in [1.29, 1.82) is 0 Å². The van der Waals surface area contributed by atoms with Crippen LogP contribution in [0, 0.1) is 6.92 Å². The molecule has 0 aliphatic rings. The normalized spacial score (nSPS) is 11.0. The average molecular weight is 424 g/mol. The fourth-order valence-electron chi connectivity index (χ4n) is 3.33. The third kappa shape index (κ3) is 4.52. The first-order valence-corrected chi connectivity index (χ1v) is 10.0. The van der Waals surface area contributed by atoms with Crippen LogP contribution in [0.25, 0.3) is 11.0 Å². The Morgan fingerprint density at radius 3 is 2.38 bits per heavy atom. The van der Waals surface area contributed by atoms with Crippen molar-refractivity contribution in [2.24, 2.45) is 5.10 Å². The fraction of sp³-hybridized carbons (Fsp3) is 0.0800. The highest BCUT2D eigenvalue weighted by Gasteiger charge is 2.15. The summed E-state index contributed by atoms with van der Waals surface area (Å²) in [5.41, 5.74) is 5.09. The van der Waals surface area contributed by atoms with Gasteiger partial charge in [-0.3, -0.25) is 19.0 Å². The highest BCUT2D eigenvalue weighted by molar-refractivity contribution is 6.10. The van der Waals surface area contributed by atoms with Gasteiger partial charge in [-0.2, -0.15) is 5.10 Å². The zero-order chi connectivity index (χ0) is 22.5. The number of fused-ring (bicyclic) bond motifs is 1. The van der Waals surface area contributed by atoms with Gasteiger partial charge in [-0.15, -0.1) is 0 Å². The van der Waals surface area contributed by atoms with E-state index in [2.05, 4.69) is 15.5 Å². The number of nitrogens with one attached hydrogen (secondary N) is 1.